The fraction of sp³-hybridized carbons (Fsp3) is 0.364. The van der Waals surface area contributed by atoms with Crippen LogP contribution >= 0.6 is 0 Å². The molecule has 0 radical (unpaired) electrons. The summed E-state index contributed by atoms with van der Waals surface area (Å²) in [6.45, 7) is 3.99. The predicted molar refractivity (Wildman–Crippen MR) is 117 cm³/mol. The highest BCUT2D eigenvalue weighted by Gasteiger charge is 2.27. The average Bonchev–Trinajstić information content (AvgIpc) is 2.74. The minimum absolute atomic E-state index is 0.0581. The Kier molecular flexibility index (Phi) is 9.02. The normalized spacial score (nSPS) is 12.1. The number of amides is 1. The Morgan fingerprint density at radius 1 is 1.06 bits per heavy atom. The molecule has 0 spiro atoms. The van der Waals surface area contributed by atoms with Crippen molar-refractivity contribution in [2.24, 2.45) is 0 Å². The second kappa shape index (κ2) is 11.5. The number of carbonyl (C=O) groups excluding carboxylic acids is 2. The van der Waals surface area contributed by atoms with E-state index < -0.39 is 33.8 Å². The third-order valence-corrected chi connectivity index (χ3v) is 5.09. The van der Waals surface area contributed by atoms with E-state index in [2.05, 4.69) is 5.32 Å². The fourth-order valence-corrected chi connectivity index (χ4v) is 3.48. The number of hydrogen-bond acceptors (Lipinski definition) is 6. The summed E-state index contributed by atoms with van der Waals surface area (Å²) in [6, 6.07) is 13.2. The summed E-state index contributed by atoms with van der Waals surface area (Å²) < 4.78 is 42.1. The van der Waals surface area contributed by atoms with Crippen molar-refractivity contribution < 1.29 is 32.0 Å². The van der Waals surface area contributed by atoms with Crippen molar-refractivity contribution in [2.75, 3.05) is 19.0 Å². The van der Waals surface area contributed by atoms with Gasteiger partial charge in [0, 0.05) is 0 Å². The highest BCUT2D eigenvalue weighted by Crippen LogP contribution is 2.31. The van der Waals surface area contributed by atoms with Crippen molar-refractivity contribution in [2.45, 2.75) is 32.7 Å². The van der Waals surface area contributed by atoms with Crippen LogP contribution in [0.2, 0.25) is 0 Å². The van der Waals surface area contributed by atoms with Crippen LogP contribution in [0, 0.1) is 0 Å². The van der Waals surface area contributed by atoms with Gasteiger partial charge in [0.2, 0.25) is 0 Å². The SMILES string of the molecule is CCCOc1cccc(-c2ccccc2)c1C(=O)N[C@@H](CCS(=O)(=O)O)C(=O)OCC. The van der Waals surface area contributed by atoms with Crippen LogP contribution in [0.25, 0.3) is 11.1 Å². The lowest BCUT2D eigenvalue weighted by atomic mass is 9.98. The van der Waals surface area contributed by atoms with Crippen LogP contribution in [0.15, 0.2) is 48.5 Å². The van der Waals surface area contributed by atoms with Crippen LogP contribution in [0.3, 0.4) is 0 Å². The minimum Gasteiger partial charge on any atom is -0.493 e. The average molecular weight is 450 g/mol. The fourth-order valence-electron chi connectivity index (χ4n) is 2.94. The van der Waals surface area contributed by atoms with Gasteiger partial charge in [0.15, 0.2) is 0 Å². The summed E-state index contributed by atoms with van der Waals surface area (Å²) >= 11 is 0. The summed E-state index contributed by atoms with van der Waals surface area (Å²) in [5.74, 6) is -1.75. The molecule has 1 atom stereocenters. The molecule has 168 valence electrons. The van der Waals surface area contributed by atoms with Crippen LogP contribution in [0.5, 0.6) is 5.75 Å². The van der Waals surface area contributed by atoms with E-state index in [1.54, 1.807) is 25.1 Å². The molecule has 0 fully saturated rings. The van der Waals surface area contributed by atoms with Crippen LogP contribution in [-0.2, 0) is 19.6 Å². The maximum absolute atomic E-state index is 13.3. The highest BCUT2D eigenvalue weighted by molar-refractivity contribution is 7.85. The van der Waals surface area contributed by atoms with Gasteiger partial charge in [0.25, 0.3) is 16.0 Å². The lowest BCUT2D eigenvalue weighted by Gasteiger charge is -2.20. The second-order valence-corrected chi connectivity index (χ2v) is 8.32. The highest BCUT2D eigenvalue weighted by atomic mass is 32.2. The molecule has 0 aliphatic heterocycles. The monoisotopic (exact) mass is 449 g/mol. The Balaban J connectivity index is 2.42. The molecule has 0 unspecified atom stereocenters. The Morgan fingerprint density at radius 2 is 1.77 bits per heavy atom. The van der Waals surface area contributed by atoms with Crippen molar-refractivity contribution in [3.63, 3.8) is 0 Å². The molecule has 0 aromatic heterocycles. The van der Waals surface area contributed by atoms with Gasteiger partial charge in [0.05, 0.1) is 24.5 Å². The molecular formula is C22H27NO7S. The van der Waals surface area contributed by atoms with Gasteiger partial charge in [-0.05, 0) is 37.0 Å². The zero-order valence-corrected chi connectivity index (χ0v) is 18.4. The van der Waals surface area contributed by atoms with Crippen molar-refractivity contribution in [3.05, 3.63) is 54.1 Å². The van der Waals surface area contributed by atoms with Gasteiger partial charge in [-0.15, -0.1) is 0 Å². The van der Waals surface area contributed by atoms with E-state index in [1.165, 1.54) is 0 Å². The van der Waals surface area contributed by atoms with Crippen molar-refractivity contribution in [3.8, 4) is 16.9 Å². The van der Waals surface area contributed by atoms with Crippen LogP contribution in [-0.4, -0.2) is 49.9 Å². The molecule has 1 amide bonds. The Hall–Kier alpha value is -2.91. The van der Waals surface area contributed by atoms with E-state index in [1.807, 2.05) is 37.3 Å². The molecule has 0 saturated heterocycles. The topological polar surface area (TPSA) is 119 Å². The number of nitrogens with one attached hydrogen (secondary N) is 1. The zero-order chi connectivity index (χ0) is 22.9. The Labute approximate surface area is 182 Å². The van der Waals surface area contributed by atoms with Gasteiger partial charge in [-0.25, -0.2) is 4.79 Å². The van der Waals surface area contributed by atoms with Gasteiger partial charge >= 0.3 is 5.97 Å². The standard InChI is InChI=1S/C22H27NO7S/c1-3-14-30-19-12-8-11-17(16-9-6-5-7-10-16)20(19)21(24)23-18(22(25)29-4-2)13-15-31(26,27)28/h5-12,18H,3-4,13-15H2,1-2H3,(H,23,24)(H,26,27,28)/t18-/m0/s1. The molecular weight excluding hydrogens is 422 g/mol. The summed E-state index contributed by atoms with van der Waals surface area (Å²) in [5, 5.41) is 2.55. The van der Waals surface area contributed by atoms with Crippen LogP contribution in [0.4, 0.5) is 0 Å². The number of hydrogen-bond donors (Lipinski definition) is 2. The molecule has 2 aromatic carbocycles. The number of ether oxygens (including phenoxy) is 2. The largest absolute Gasteiger partial charge is 0.493 e. The van der Waals surface area contributed by atoms with E-state index in [-0.39, 0.29) is 18.6 Å². The van der Waals surface area contributed by atoms with E-state index >= 15 is 0 Å². The van der Waals surface area contributed by atoms with Crippen molar-refractivity contribution in [1.29, 1.82) is 0 Å². The molecule has 2 aromatic rings. The Morgan fingerprint density at radius 3 is 2.39 bits per heavy atom. The molecule has 8 nitrogen and oxygen atoms in total. The van der Waals surface area contributed by atoms with E-state index in [0.29, 0.717) is 17.9 Å². The quantitative estimate of drug-likeness (QED) is 0.400. The van der Waals surface area contributed by atoms with Crippen molar-refractivity contribution in [1.82, 2.24) is 5.32 Å². The number of esters is 1. The van der Waals surface area contributed by atoms with Gasteiger partial charge in [0.1, 0.15) is 11.8 Å². The maximum atomic E-state index is 13.3. The predicted octanol–water partition coefficient (Wildman–Crippen LogP) is 3.08. The van der Waals surface area contributed by atoms with Gasteiger partial charge in [-0.3, -0.25) is 9.35 Å². The number of carbonyl (C=O) groups is 2. The third-order valence-electron chi connectivity index (χ3n) is 4.34. The van der Waals surface area contributed by atoms with E-state index in [0.717, 1.165) is 12.0 Å². The first-order valence-electron chi connectivity index (χ1n) is 10.0. The van der Waals surface area contributed by atoms with Crippen LogP contribution < -0.4 is 10.1 Å². The molecule has 2 rings (SSSR count). The first-order valence-corrected chi connectivity index (χ1v) is 11.6. The smallest absolute Gasteiger partial charge is 0.328 e. The summed E-state index contributed by atoms with van der Waals surface area (Å²) in [6.07, 6.45) is 0.401. The maximum Gasteiger partial charge on any atom is 0.328 e. The van der Waals surface area contributed by atoms with Crippen molar-refractivity contribution >= 4 is 22.0 Å². The van der Waals surface area contributed by atoms with Crippen LogP contribution in [0.1, 0.15) is 37.0 Å². The third kappa shape index (κ3) is 7.37. The molecule has 0 aliphatic rings. The number of rotatable bonds is 11. The second-order valence-electron chi connectivity index (χ2n) is 6.75. The first kappa shape index (κ1) is 24.4. The van der Waals surface area contributed by atoms with E-state index in [9.17, 15) is 18.0 Å². The molecule has 0 saturated carbocycles. The van der Waals surface area contributed by atoms with E-state index in [4.69, 9.17) is 14.0 Å². The molecule has 9 heteroatoms. The van der Waals surface area contributed by atoms with Gasteiger partial charge in [-0.2, -0.15) is 8.42 Å². The summed E-state index contributed by atoms with van der Waals surface area (Å²) in [4.78, 5) is 25.5. The molecule has 0 heterocycles. The molecule has 2 N–H and O–H groups in total. The zero-order valence-electron chi connectivity index (χ0n) is 17.5. The number of benzene rings is 2. The summed E-state index contributed by atoms with van der Waals surface area (Å²) in [5.41, 5.74) is 1.60. The van der Waals surface area contributed by atoms with Gasteiger partial charge < -0.3 is 14.8 Å². The molecule has 0 aliphatic carbocycles. The van der Waals surface area contributed by atoms with Gasteiger partial charge in [-0.1, -0.05) is 49.4 Å². The lowest BCUT2D eigenvalue weighted by Crippen LogP contribution is -2.43. The minimum atomic E-state index is -4.32. The lowest BCUT2D eigenvalue weighted by molar-refractivity contribution is -0.145. The Bertz CT molecular complexity index is 990. The first-order chi connectivity index (χ1) is 14.8. The molecule has 31 heavy (non-hydrogen) atoms. The molecule has 0 bridgehead atoms. The summed E-state index contributed by atoms with van der Waals surface area (Å²) in [7, 11) is -4.32.